The van der Waals surface area contributed by atoms with Gasteiger partial charge in [0.15, 0.2) is 13.6 Å². The average Bonchev–Trinajstić information content (AvgIpc) is 2.95. The lowest BCUT2D eigenvalue weighted by molar-refractivity contribution is 0.0520. The topological polar surface area (TPSA) is 63.2 Å². The van der Waals surface area contributed by atoms with Crippen LogP contribution in [0.3, 0.4) is 0 Å². The predicted molar refractivity (Wildman–Crippen MR) is 141 cm³/mol. The maximum Gasteiger partial charge on any atom is 0.344 e. The summed E-state index contributed by atoms with van der Waals surface area (Å²) in [6.45, 7) is 0.244. The first-order valence-electron chi connectivity index (χ1n) is 11.6. The van der Waals surface area contributed by atoms with Crippen molar-refractivity contribution < 1.29 is 28.5 Å². The van der Waals surface area contributed by atoms with Gasteiger partial charge in [-0.1, -0.05) is 60.7 Å². The number of carbonyl (C=O) groups is 1. The van der Waals surface area contributed by atoms with Crippen LogP contribution in [-0.4, -0.2) is 33.8 Å². The fourth-order valence-corrected chi connectivity index (χ4v) is 4.26. The molecular weight excluding hydrogens is 468 g/mol. The van der Waals surface area contributed by atoms with Crippen LogP contribution in [0.4, 0.5) is 0 Å². The SMILES string of the molecule is COCOc1ccc(OC(=O)c2ccccc2-c2ccc(OCOC)c3ccccc23)c2cc#ccc12. The molecule has 6 heteroatoms. The first kappa shape index (κ1) is 24.1. The molecule has 0 aromatic heterocycles. The molecule has 0 atom stereocenters. The van der Waals surface area contributed by atoms with Crippen LogP contribution < -0.4 is 14.2 Å². The molecular formula is C31H24O6. The normalized spacial score (nSPS) is 10.8. The predicted octanol–water partition coefficient (Wildman–Crippen LogP) is 6.44. The van der Waals surface area contributed by atoms with Gasteiger partial charge in [-0.3, -0.25) is 0 Å². The third-order valence-corrected chi connectivity index (χ3v) is 5.91. The number of ether oxygens (including phenoxy) is 5. The van der Waals surface area contributed by atoms with Crippen molar-refractivity contribution >= 4 is 27.5 Å². The zero-order chi connectivity index (χ0) is 25.6. The Morgan fingerprint density at radius 1 is 0.622 bits per heavy atom. The van der Waals surface area contributed by atoms with Crippen LogP contribution >= 0.6 is 0 Å². The lowest BCUT2D eigenvalue weighted by Crippen LogP contribution is -2.10. The van der Waals surface area contributed by atoms with Crippen molar-refractivity contribution in [3.8, 4) is 28.4 Å². The van der Waals surface area contributed by atoms with Crippen molar-refractivity contribution in [2.45, 2.75) is 0 Å². The molecule has 0 saturated heterocycles. The van der Waals surface area contributed by atoms with Gasteiger partial charge in [-0.2, -0.15) is 0 Å². The highest BCUT2D eigenvalue weighted by molar-refractivity contribution is 6.07. The van der Waals surface area contributed by atoms with E-state index in [0.29, 0.717) is 28.2 Å². The van der Waals surface area contributed by atoms with E-state index in [0.717, 1.165) is 27.3 Å². The fraction of sp³-hybridized carbons (Fsp3) is 0.129. The number of methoxy groups -OCH3 is 2. The van der Waals surface area contributed by atoms with Crippen molar-refractivity contribution in [3.63, 3.8) is 0 Å². The van der Waals surface area contributed by atoms with Crippen LogP contribution in [0.15, 0.2) is 84.9 Å². The highest BCUT2D eigenvalue weighted by Crippen LogP contribution is 2.37. The van der Waals surface area contributed by atoms with E-state index in [1.165, 1.54) is 0 Å². The average molecular weight is 493 g/mol. The van der Waals surface area contributed by atoms with E-state index in [-0.39, 0.29) is 13.6 Å². The molecule has 0 N–H and O–H groups in total. The van der Waals surface area contributed by atoms with Crippen LogP contribution in [0, 0.1) is 12.1 Å². The molecule has 0 aliphatic rings. The zero-order valence-electron chi connectivity index (χ0n) is 20.4. The number of rotatable bonds is 9. The van der Waals surface area contributed by atoms with E-state index in [1.54, 1.807) is 44.6 Å². The molecule has 0 fully saturated rings. The van der Waals surface area contributed by atoms with Gasteiger partial charge in [0, 0.05) is 42.5 Å². The minimum Gasteiger partial charge on any atom is -0.467 e. The lowest BCUT2D eigenvalue weighted by atomic mass is 9.94. The first-order chi connectivity index (χ1) is 18.2. The minimum atomic E-state index is -0.473. The molecule has 184 valence electrons. The molecule has 0 amide bonds. The molecule has 0 bridgehead atoms. The van der Waals surface area contributed by atoms with Crippen LogP contribution in [-0.2, 0) is 9.47 Å². The number of hydrogen-bond acceptors (Lipinski definition) is 6. The Balaban J connectivity index is 1.53. The largest absolute Gasteiger partial charge is 0.467 e. The van der Waals surface area contributed by atoms with E-state index < -0.39 is 5.97 Å². The number of hydrogen-bond donors (Lipinski definition) is 0. The van der Waals surface area contributed by atoms with E-state index >= 15 is 0 Å². The molecule has 0 aliphatic carbocycles. The van der Waals surface area contributed by atoms with Crippen molar-refractivity contribution in [1.82, 2.24) is 0 Å². The monoisotopic (exact) mass is 492 g/mol. The van der Waals surface area contributed by atoms with Gasteiger partial charge in [-0.25, -0.2) is 4.79 Å². The molecule has 5 aromatic rings. The summed E-state index contributed by atoms with van der Waals surface area (Å²) < 4.78 is 27.4. The second kappa shape index (κ2) is 11.0. The lowest BCUT2D eigenvalue weighted by Gasteiger charge is -2.15. The third-order valence-electron chi connectivity index (χ3n) is 5.91. The third kappa shape index (κ3) is 4.91. The zero-order valence-corrected chi connectivity index (χ0v) is 20.4. The van der Waals surface area contributed by atoms with Gasteiger partial charge in [0.1, 0.15) is 17.2 Å². The molecule has 5 aromatic carbocycles. The van der Waals surface area contributed by atoms with E-state index in [4.69, 9.17) is 23.7 Å². The molecule has 0 heterocycles. The molecule has 0 spiro atoms. The van der Waals surface area contributed by atoms with Crippen molar-refractivity contribution in [2.24, 2.45) is 0 Å². The molecule has 0 saturated carbocycles. The Kier molecular flexibility index (Phi) is 7.18. The van der Waals surface area contributed by atoms with Gasteiger partial charge >= 0.3 is 5.97 Å². The maximum atomic E-state index is 13.5. The molecule has 6 nitrogen and oxygen atoms in total. The second-order valence-corrected chi connectivity index (χ2v) is 8.16. The molecule has 0 radical (unpaired) electrons. The molecule has 5 rings (SSSR count). The van der Waals surface area contributed by atoms with Gasteiger partial charge < -0.3 is 23.7 Å². The van der Waals surface area contributed by atoms with Crippen LogP contribution in [0.25, 0.3) is 32.7 Å². The Morgan fingerprint density at radius 3 is 1.92 bits per heavy atom. The number of benzene rings is 4. The summed E-state index contributed by atoms with van der Waals surface area (Å²) in [6, 6.07) is 31.9. The number of esters is 1. The number of carbonyl (C=O) groups excluding carboxylic acids is 1. The Morgan fingerprint density at radius 2 is 1.19 bits per heavy atom. The van der Waals surface area contributed by atoms with E-state index in [9.17, 15) is 4.79 Å². The standard InChI is InChI=1S/C31H24O6/c1-33-19-35-28-16-15-23(21-9-3-5-11-24(21)28)22-10-4-8-14-27(22)31(32)37-30-18-17-29(36-20-34-2)25-12-6-7-13-26(25)30/h3-5,8-18H,19-20H2,1-2H3. The molecule has 0 unspecified atom stereocenters. The summed E-state index contributed by atoms with van der Waals surface area (Å²) in [4.78, 5) is 13.5. The van der Waals surface area contributed by atoms with Crippen molar-refractivity contribution in [2.75, 3.05) is 27.8 Å². The highest BCUT2D eigenvalue weighted by atomic mass is 16.7. The number of fused-ring (bicyclic) bond motifs is 2. The Labute approximate surface area is 214 Å². The van der Waals surface area contributed by atoms with Gasteiger partial charge in [0.2, 0.25) is 0 Å². The second-order valence-electron chi connectivity index (χ2n) is 8.16. The maximum absolute atomic E-state index is 13.5. The summed E-state index contributed by atoms with van der Waals surface area (Å²) in [5.74, 6) is 1.23. The molecule has 0 aliphatic heterocycles. The smallest absolute Gasteiger partial charge is 0.344 e. The Bertz CT molecular complexity index is 1560. The van der Waals surface area contributed by atoms with E-state index in [1.807, 2.05) is 54.6 Å². The van der Waals surface area contributed by atoms with Crippen LogP contribution in [0.1, 0.15) is 10.4 Å². The van der Waals surface area contributed by atoms with Crippen molar-refractivity contribution in [3.05, 3.63) is 103 Å². The fourth-order valence-electron chi connectivity index (χ4n) is 4.26. The summed E-state index contributed by atoms with van der Waals surface area (Å²) in [5.41, 5.74) is 2.09. The summed E-state index contributed by atoms with van der Waals surface area (Å²) in [6.07, 6.45) is 0. The van der Waals surface area contributed by atoms with Gasteiger partial charge in [-0.05, 0) is 40.8 Å². The summed E-state index contributed by atoms with van der Waals surface area (Å²) in [7, 11) is 3.14. The molecule has 37 heavy (non-hydrogen) atoms. The summed E-state index contributed by atoms with van der Waals surface area (Å²) in [5, 5.41) is 3.30. The van der Waals surface area contributed by atoms with Crippen LogP contribution in [0.2, 0.25) is 0 Å². The quantitative estimate of drug-likeness (QED) is 0.134. The van der Waals surface area contributed by atoms with Crippen LogP contribution in [0.5, 0.6) is 17.2 Å². The first-order valence-corrected chi connectivity index (χ1v) is 11.6. The van der Waals surface area contributed by atoms with Crippen molar-refractivity contribution in [1.29, 1.82) is 0 Å². The Hall–Kier alpha value is -4.57. The van der Waals surface area contributed by atoms with Gasteiger partial charge in [-0.15, -0.1) is 0 Å². The van der Waals surface area contributed by atoms with E-state index in [2.05, 4.69) is 12.1 Å². The van der Waals surface area contributed by atoms with Gasteiger partial charge in [0.05, 0.1) is 5.56 Å². The minimum absolute atomic E-state index is 0.101. The highest BCUT2D eigenvalue weighted by Gasteiger charge is 2.19. The summed E-state index contributed by atoms with van der Waals surface area (Å²) >= 11 is 0. The van der Waals surface area contributed by atoms with Gasteiger partial charge in [0.25, 0.3) is 0 Å².